The zero-order valence-electron chi connectivity index (χ0n) is 13.1. The third kappa shape index (κ3) is 3.51. The first-order chi connectivity index (χ1) is 9.67. The van der Waals surface area contributed by atoms with Crippen LogP contribution >= 0.6 is 0 Å². The summed E-state index contributed by atoms with van der Waals surface area (Å²) in [6.07, 6.45) is 4.41. The van der Waals surface area contributed by atoms with Gasteiger partial charge >= 0.3 is 0 Å². The maximum absolute atomic E-state index is 12.1. The summed E-state index contributed by atoms with van der Waals surface area (Å²) in [6.45, 7) is 8.22. The van der Waals surface area contributed by atoms with Gasteiger partial charge in [-0.25, -0.2) is 0 Å². The van der Waals surface area contributed by atoms with Crippen molar-refractivity contribution in [2.24, 2.45) is 5.73 Å². The Kier molecular flexibility index (Phi) is 5.81. The Morgan fingerprint density at radius 1 is 1.25 bits per heavy atom. The van der Waals surface area contributed by atoms with Crippen LogP contribution in [0.25, 0.3) is 0 Å². The van der Waals surface area contributed by atoms with E-state index in [9.17, 15) is 4.79 Å². The normalized spacial score (nSPS) is 27.9. The van der Waals surface area contributed by atoms with Gasteiger partial charge in [0, 0.05) is 39.3 Å². The van der Waals surface area contributed by atoms with E-state index in [-0.39, 0.29) is 6.04 Å². The average molecular weight is 282 g/mol. The molecule has 0 aliphatic carbocycles. The minimum absolute atomic E-state index is 0.134. The zero-order valence-corrected chi connectivity index (χ0v) is 13.1. The van der Waals surface area contributed by atoms with Crippen molar-refractivity contribution >= 4 is 5.91 Å². The highest BCUT2D eigenvalue weighted by atomic mass is 16.2. The molecule has 2 aliphatic rings. The monoisotopic (exact) mass is 282 g/mol. The second-order valence-corrected chi connectivity index (χ2v) is 6.13. The molecule has 0 spiro atoms. The number of likely N-dealkylation sites (N-methyl/N-ethyl adjacent to an activating group) is 1. The lowest BCUT2D eigenvalue weighted by molar-refractivity contribution is -0.131. The Morgan fingerprint density at radius 3 is 2.65 bits per heavy atom. The summed E-state index contributed by atoms with van der Waals surface area (Å²) >= 11 is 0. The molecule has 0 bridgehead atoms. The van der Waals surface area contributed by atoms with Crippen molar-refractivity contribution in [1.29, 1.82) is 0 Å². The molecule has 2 N–H and O–H groups in total. The van der Waals surface area contributed by atoms with E-state index in [1.807, 2.05) is 11.9 Å². The summed E-state index contributed by atoms with van der Waals surface area (Å²) in [5, 5.41) is 0. The van der Waals surface area contributed by atoms with Crippen LogP contribution < -0.4 is 5.73 Å². The molecule has 2 atom stereocenters. The van der Waals surface area contributed by atoms with Crippen molar-refractivity contribution in [3.05, 3.63) is 0 Å². The first kappa shape index (κ1) is 15.7. The van der Waals surface area contributed by atoms with E-state index < -0.39 is 0 Å². The first-order valence-corrected chi connectivity index (χ1v) is 8.10. The largest absolute Gasteiger partial charge is 0.344 e. The minimum atomic E-state index is 0.134. The van der Waals surface area contributed by atoms with Crippen LogP contribution in [0.3, 0.4) is 0 Å². The SMILES string of the molecule is CCC(CCN)N1CCCN(C2CCN(C)C2=O)CC1. The summed E-state index contributed by atoms with van der Waals surface area (Å²) in [5.41, 5.74) is 5.72. The summed E-state index contributed by atoms with van der Waals surface area (Å²) in [5.74, 6) is 0.312. The van der Waals surface area contributed by atoms with Gasteiger partial charge in [0.05, 0.1) is 6.04 Å². The quantitative estimate of drug-likeness (QED) is 0.791. The van der Waals surface area contributed by atoms with Gasteiger partial charge in [-0.2, -0.15) is 0 Å². The molecule has 0 radical (unpaired) electrons. The van der Waals surface area contributed by atoms with Crippen molar-refractivity contribution in [2.75, 3.05) is 46.3 Å². The standard InChI is InChI=1S/C15H30N4O/c1-3-13(5-7-16)18-8-4-9-19(12-11-18)14-6-10-17(2)15(14)20/h13-14H,3-12,16H2,1-2H3. The van der Waals surface area contributed by atoms with E-state index in [4.69, 9.17) is 5.73 Å². The fourth-order valence-corrected chi connectivity index (χ4v) is 3.61. The Labute approximate surface area is 123 Å². The molecule has 116 valence electrons. The van der Waals surface area contributed by atoms with Crippen LogP contribution in [0.5, 0.6) is 0 Å². The summed E-state index contributed by atoms with van der Waals surface area (Å²) < 4.78 is 0. The van der Waals surface area contributed by atoms with E-state index in [1.165, 1.54) is 6.42 Å². The second kappa shape index (κ2) is 7.38. The smallest absolute Gasteiger partial charge is 0.239 e. The van der Waals surface area contributed by atoms with Gasteiger partial charge in [-0.3, -0.25) is 14.6 Å². The highest BCUT2D eigenvalue weighted by Crippen LogP contribution is 2.19. The van der Waals surface area contributed by atoms with Crippen molar-refractivity contribution in [3.63, 3.8) is 0 Å². The Balaban J connectivity index is 1.90. The lowest BCUT2D eigenvalue weighted by Crippen LogP contribution is -2.44. The van der Waals surface area contributed by atoms with Gasteiger partial charge < -0.3 is 10.6 Å². The van der Waals surface area contributed by atoms with Crippen molar-refractivity contribution in [1.82, 2.24) is 14.7 Å². The van der Waals surface area contributed by atoms with Gasteiger partial charge in [0.2, 0.25) is 5.91 Å². The molecular weight excluding hydrogens is 252 g/mol. The highest BCUT2D eigenvalue weighted by Gasteiger charge is 2.34. The van der Waals surface area contributed by atoms with Crippen molar-refractivity contribution in [2.45, 2.75) is 44.7 Å². The van der Waals surface area contributed by atoms with Crippen LogP contribution in [0.4, 0.5) is 0 Å². The Morgan fingerprint density at radius 2 is 2.05 bits per heavy atom. The maximum Gasteiger partial charge on any atom is 0.239 e. The van der Waals surface area contributed by atoms with E-state index in [0.29, 0.717) is 11.9 Å². The van der Waals surface area contributed by atoms with Crippen LogP contribution in [0.2, 0.25) is 0 Å². The van der Waals surface area contributed by atoms with Crippen LogP contribution in [0.15, 0.2) is 0 Å². The van der Waals surface area contributed by atoms with Crippen LogP contribution in [-0.2, 0) is 4.79 Å². The van der Waals surface area contributed by atoms with Crippen LogP contribution in [0.1, 0.15) is 32.6 Å². The number of carbonyl (C=O) groups is 1. The van der Waals surface area contributed by atoms with Crippen LogP contribution in [-0.4, -0.2) is 79.0 Å². The molecule has 2 heterocycles. The molecule has 2 rings (SSSR count). The van der Waals surface area contributed by atoms with Gasteiger partial charge in [0.15, 0.2) is 0 Å². The molecule has 2 unspecified atom stereocenters. The Hall–Kier alpha value is -0.650. The number of nitrogens with two attached hydrogens (primary N) is 1. The molecule has 2 fully saturated rings. The lowest BCUT2D eigenvalue weighted by Gasteiger charge is -2.30. The predicted octanol–water partition coefficient (Wildman–Crippen LogP) is 0.352. The summed E-state index contributed by atoms with van der Waals surface area (Å²) in [7, 11) is 1.92. The number of hydrogen-bond acceptors (Lipinski definition) is 4. The third-order valence-corrected chi connectivity index (χ3v) is 4.89. The molecule has 2 aliphatic heterocycles. The number of nitrogens with zero attached hydrogens (tertiary/aromatic N) is 3. The van der Waals surface area contributed by atoms with E-state index in [1.54, 1.807) is 0 Å². The number of rotatable bonds is 5. The van der Waals surface area contributed by atoms with Gasteiger partial charge in [-0.15, -0.1) is 0 Å². The number of likely N-dealkylation sites (tertiary alicyclic amines) is 1. The number of hydrogen-bond donors (Lipinski definition) is 1. The topological polar surface area (TPSA) is 52.8 Å². The third-order valence-electron chi connectivity index (χ3n) is 4.89. The van der Waals surface area contributed by atoms with Gasteiger partial charge in [0.25, 0.3) is 0 Å². The number of amides is 1. The molecule has 5 nitrogen and oxygen atoms in total. The van der Waals surface area contributed by atoms with Gasteiger partial charge in [-0.05, 0) is 38.8 Å². The maximum atomic E-state index is 12.1. The molecule has 0 aromatic carbocycles. The second-order valence-electron chi connectivity index (χ2n) is 6.13. The fraction of sp³-hybridized carbons (Fsp3) is 0.933. The number of carbonyl (C=O) groups excluding carboxylic acids is 1. The first-order valence-electron chi connectivity index (χ1n) is 8.10. The van der Waals surface area contributed by atoms with Crippen molar-refractivity contribution in [3.8, 4) is 0 Å². The van der Waals surface area contributed by atoms with Gasteiger partial charge in [-0.1, -0.05) is 6.92 Å². The zero-order chi connectivity index (χ0) is 14.5. The molecule has 1 amide bonds. The predicted molar refractivity (Wildman–Crippen MR) is 81.6 cm³/mol. The molecule has 0 aromatic heterocycles. The Bertz CT molecular complexity index is 323. The van der Waals surface area contributed by atoms with E-state index >= 15 is 0 Å². The van der Waals surface area contributed by atoms with E-state index in [2.05, 4.69) is 16.7 Å². The lowest BCUT2D eigenvalue weighted by atomic mass is 10.1. The molecule has 5 heteroatoms. The average Bonchev–Trinajstić information content (AvgIpc) is 2.68. The summed E-state index contributed by atoms with van der Waals surface area (Å²) in [6, 6.07) is 0.747. The molecule has 2 saturated heterocycles. The molecule has 20 heavy (non-hydrogen) atoms. The minimum Gasteiger partial charge on any atom is -0.344 e. The molecular formula is C15H30N4O. The molecule has 0 saturated carbocycles. The van der Waals surface area contributed by atoms with Gasteiger partial charge in [0.1, 0.15) is 0 Å². The van der Waals surface area contributed by atoms with Crippen LogP contribution in [0, 0.1) is 0 Å². The fourth-order valence-electron chi connectivity index (χ4n) is 3.61. The summed E-state index contributed by atoms with van der Waals surface area (Å²) in [4.78, 5) is 19.0. The molecule has 0 aromatic rings. The van der Waals surface area contributed by atoms with E-state index in [0.717, 1.165) is 58.5 Å². The highest BCUT2D eigenvalue weighted by molar-refractivity contribution is 5.83. The van der Waals surface area contributed by atoms with Crippen molar-refractivity contribution < 1.29 is 4.79 Å².